The van der Waals surface area contributed by atoms with Crippen LogP contribution in [0, 0.1) is 13.8 Å². The van der Waals surface area contributed by atoms with Gasteiger partial charge in [-0.3, -0.25) is 9.89 Å². The second-order valence-electron chi connectivity index (χ2n) is 6.42. The highest BCUT2D eigenvalue weighted by atomic mass is 15.2. The minimum atomic E-state index is 1.02. The third-order valence-electron chi connectivity index (χ3n) is 4.91. The normalized spacial score (nSPS) is 14.6. The Bertz CT molecular complexity index is 931. The maximum atomic E-state index is 3.53. The van der Waals surface area contributed by atoms with Crippen LogP contribution in [0.1, 0.15) is 16.7 Å². The van der Waals surface area contributed by atoms with Gasteiger partial charge in [-0.15, -0.1) is 0 Å². The molecule has 0 saturated heterocycles. The number of likely N-dealkylation sites (N-methyl/N-ethyl adjacent to an activating group) is 1. The molecule has 0 amide bonds. The molecule has 3 heteroatoms. The van der Waals surface area contributed by atoms with Crippen molar-refractivity contribution >= 4 is 11.4 Å². The molecular formula is C20H22N3+. The summed E-state index contributed by atoms with van der Waals surface area (Å²) in [6.45, 7) is 6.50. The van der Waals surface area contributed by atoms with E-state index in [9.17, 15) is 0 Å². The first-order chi connectivity index (χ1) is 11.1. The van der Waals surface area contributed by atoms with Crippen molar-refractivity contribution in [2.45, 2.75) is 13.8 Å². The molecule has 3 heterocycles. The summed E-state index contributed by atoms with van der Waals surface area (Å²) in [4.78, 5) is 0. The quantitative estimate of drug-likeness (QED) is 0.721. The Hall–Kier alpha value is -2.55. The number of aryl methyl sites for hydroxylation is 1. The largest absolute Gasteiger partial charge is 0.324 e. The zero-order valence-electron chi connectivity index (χ0n) is 13.9. The lowest BCUT2D eigenvalue weighted by atomic mass is 9.95. The molecule has 1 aliphatic rings. The molecule has 0 aliphatic carbocycles. The standard InChI is InChI=1S/C20H21N3/c1-14-11-17(16-6-9-23-8-4-5-18(23)12-16)13-19(15(14)2)20-21-7-10-22(20)3/h4-6,8-9,11-13H,7,10H2,1-3H3/p+1. The zero-order valence-corrected chi connectivity index (χ0v) is 13.9. The number of pyridine rings is 1. The summed E-state index contributed by atoms with van der Waals surface area (Å²) >= 11 is 0. The van der Waals surface area contributed by atoms with Gasteiger partial charge >= 0.3 is 0 Å². The zero-order chi connectivity index (χ0) is 16.0. The summed E-state index contributed by atoms with van der Waals surface area (Å²) in [5, 5.41) is 3.53. The van der Waals surface area contributed by atoms with E-state index in [0.717, 1.165) is 13.1 Å². The third-order valence-corrected chi connectivity index (χ3v) is 4.91. The number of hydrogen-bond acceptors (Lipinski definition) is 1. The predicted molar refractivity (Wildman–Crippen MR) is 95.5 cm³/mol. The second kappa shape index (κ2) is 5.27. The summed E-state index contributed by atoms with van der Waals surface area (Å²) in [5.74, 6) is 1.25. The predicted octanol–water partition coefficient (Wildman–Crippen LogP) is 3.22. The minimum absolute atomic E-state index is 1.02. The van der Waals surface area contributed by atoms with Crippen molar-refractivity contribution in [3.8, 4) is 11.1 Å². The topological polar surface area (TPSA) is 19.4 Å². The van der Waals surface area contributed by atoms with Crippen molar-refractivity contribution in [3.05, 3.63) is 65.5 Å². The first-order valence-electron chi connectivity index (χ1n) is 8.14. The molecule has 0 atom stereocenters. The maximum absolute atomic E-state index is 3.53. The highest BCUT2D eigenvalue weighted by Crippen LogP contribution is 2.27. The van der Waals surface area contributed by atoms with Crippen LogP contribution in [0.4, 0.5) is 0 Å². The highest BCUT2D eigenvalue weighted by molar-refractivity contribution is 5.98. The Kier molecular flexibility index (Phi) is 3.22. The lowest BCUT2D eigenvalue weighted by Gasteiger charge is -2.12. The molecule has 116 valence electrons. The smallest absolute Gasteiger partial charge is 0.277 e. The van der Waals surface area contributed by atoms with Crippen molar-refractivity contribution < 1.29 is 4.58 Å². The van der Waals surface area contributed by atoms with E-state index in [4.69, 9.17) is 0 Å². The van der Waals surface area contributed by atoms with E-state index in [1.165, 1.54) is 39.2 Å². The average molecular weight is 304 g/mol. The Morgan fingerprint density at radius 3 is 2.70 bits per heavy atom. The Balaban J connectivity index is 1.89. The number of fused-ring (bicyclic) bond motifs is 1. The molecule has 0 bridgehead atoms. The molecule has 1 N–H and O–H groups in total. The number of aromatic nitrogens is 1. The summed E-state index contributed by atoms with van der Waals surface area (Å²) in [5.41, 5.74) is 7.78. The van der Waals surface area contributed by atoms with E-state index in [-0.39, 0.29) is 0 Å². The van der Waals surface area contributed by atoms with E-state index in [1.54, 1.807) is 0 Å². The van der Waals surface area contributed by atoms with E-state index < -0.39 is 0 Å². The van der Waals surface area contributed by atoms with Crippen molar-refractivity contribution in [3.63, 3.8) is 0 Å². The van der Waals surface area contributed by atoms with E-state index in [1.807, 2.05) is 0 Å². The van der Waals surface area contributed by atoms with Crippen LogP contribution in [0.15, 0.2) is 48.8 Å². The van der Waals surface area contributed by atoms with Crippen LogP contribution >= 0.6 is 0 Å². The van der Waals surface area contributed by atoms with Gasteiger partial charge in [0.05, 0.1) is 12.6 Å². The maximum Gasteiger partial charge on any atom is 0.277 e. The van der Waals surface area contributed by atoms with Crippen molar-refractivity contribution in [1.82, 2.24) is 9.72 Å². The first kappa shape index (κ1) is 14.1. The molecule has 0 radical (unpaired) electrons. The molecule has 1 aromatic carbocycles. The monoisotopic (exact) mass is 304 g/mol. The Labute approximate surface area is 136 Å². The van der Waals surface area contributed by atoms with Gasteiger partial charge in [-0.25, -0.2) is 0 Å². The molecule has 3 nitrogen and oxygen atoms in total. The Morgan fingerprint density at radius 1 is 1.04 bits per heavy atom. The van der Waals surface area contributed by atoms with E-state index in [0.29, 0.717) is 0 Å². The average Bonchev–Trinajstić information content (AvgIpc) is 3.17. The fourth-order valence-electron chi connectivity index (χ4n) is 3.37. The molecule has 0 saturated carbocycles. The number of hydrogen-bond donors (Lipinski definition) is 1. The van der Waals surface area contributed by atoms with Crippen LogP contribution in [0.2, 0.25) is 0 Å². The van der Waals surface area contributed by atoms with Crippen molar-refractivity contribution in [1.29, 1.82) is 0 Å². The van der Waals surface area contributed by atoms with Crippen LogP contribution < -0.4 is 5.32 Å². The number of amidine groups is 1. The Morgan fingerprint density at radius 2 is 1.91 bits per heavy atom. The van der Waals surface area contributed by atoms with Gasteiger partial charge in [0, 0.05) is 17.9 Å². The van der Waals surface area contributed by atoms with Gasteiger partial charge in [-0.05, 0) is 66.4 Å². The minimum Gasteiger partial charge on any atom is -0.324 e. The molecule has 4 rings (SSSR count). The SMILES string of the molecule is Cc1cc(-c2ccn3cccc3c2)cc(C2=[N+](C)CCN2)c1C. The van der Waals surface area contributed by atoms with Gasteiger partial charge in [-0.1, -0.05) is 6.07 Å². The second-order valence-corrected chi connectivity index (χ2v) is 6.42. The first-order valence-corrected chi connectivity index (χ1v) is 8.14. The third kappa shape index (κ3) is 2.33. The van der Waals surface area contributed by atoms with Gasteiger partial charge in [0.25, 0.3) is 5.84 Å². The summed E-state index contributed by atoms with van der Waals surface area (Å²) in [6.07, 6.45) is 4.21. The van der Waals surface area contributed by atoms with Crippen LogP contribution in [-0.2, 0) is 0 Å². The molecular weight excluding hydrogens is 282 g/mol. The molecule has 2 aromatic heterocycles. The number of nitrogens with one attached hydrogen (secondary N) is 1. The molecule has 3 aromatic rings. The molecule has 0 unspecified atom stereocenters. The van der Waals surface area contributed by atoms with Gasteiger partial charge in [0.15, 0.2) is 0 Å². The van der Waals surface area contributed by atoms with Crippen molar-refractivity contribution in [2.24, 2.45) is 0 Å². The van der Waals surface area contributed by atoms with E-state index >= 15 is 0 Å². The molecule has 0 fully saturated rings. The van der Waals surface area contributed by atoms with Crippen LogP contribution in [0.25, 0.3) is 16.6 Å². The summed E-state index contributed by atoms with van der Waals surface area (Å²) in [7, 11) is 2.16. The fraction of sp³-hybridized carbons (Fsp3) is 0.250. The lowest BCUT2D eigenvalue weighted by Crippen LogP contribution is -2.24. The van der Waals surface area contributed by atoms with Crippen LogP contribution in [-0.4, -0.2) is 34.9 Å². The summed E-state index contributed by atoms with van der Waals surface area (Å²) in [6, 6.07) is 13.3. The highest BCUT2D eigenvalue weighted by Gasteiger charge is 2.22. The number of rotatable bonds is 2. The molecule has 1 aliphatic heterocycles. The summed E-state index contributed by atoms with van der Waals surface area (Å²) < 4.78 is 4.45. The van der Waals surface area contributed by atoms with Gasteiger partial charge in [0.1, 0.15) is 13.1 Å². The number of nitrogens with zero attached hydrogens (tertiary/aromatic N) is 2. The molecule has 23 heavy (non-hydrogen) atoms. The van der Waals surface area contributed by atoms with Gasteiger partial charge < -0.3 is 4.40 Å². The van der Waals surface area contributed by atoms with Gasteiger partial charge in [-0.2, -0.15) is 0 Å². The van der Waals surface area contributed by atoms with Crippen molar-refractivity contribution in [2.75, 3.05) is 20.1 Å². The lowest BCUT2D eigenvalue weighted by molar-refractivity contribution is -0.485. The van der Waals surface area contributed by atoms with Crippen LogP contribution in [0.3, 0.4) is 0 Å². The molecule has 0 spiro atoms. The number of benzene rings is 1. The van der Waals surface area contributed by atoms with Crippen LogP contribution in [0.5, 0.6) is 0 Å². The van der Waals surface area contributed by atoms with E-state index in [2.05, 4.69) is 84.0 Å². The van der Waals surface area contributed by atoms with Gasteiger partial charge in [0.2, 0.25) is 0 Å². The fourth-order valence-corrected chi connectivity index (χ4v) is 3.37.